The topological polar surface area (TPSA) is 208 Å². The Bertz CT molecular complexity index is 273. The normalized spacial score (nSPS) is 12.8. The van der Waals surface area contributed by atoms with Crippen molar-refractivity contribution in [2.24, 2.45) is 0 Å². The number of rotatable bonds is 2. The zero-order valence-corrected chi connectivity index (χ0v) is 20.0. The van der Waals surface area contributed by atoms with Crippen molar-refractivity contribution in [2.45, 2.75) is 0 Å². The first-order valence-corrected chi connectivity index (χ1v) is 6.83. The van der Waals surface area contributed by atoms with Crippen molar-refractivity contribution in [1.29, 1.82) is 0 Å². The molecule has 0 bridgehead atoms. The van der Waals surface area contributed by atoms with Gasteiger partial charge < -0.3 is 46.7 Å². The molecule has 0 aliphatic carbocycles. The summed E-state index contributed by atoms with van der Waals surface area (Å²) < 4.78 is 30.7. The molecule has 0 aliphatic heterocycles. The minimum absolute atomic E-state index is 0. The van der Waals surface area contributed by atoms with Crippen LogP contribution in [0.1, 0.15) is 0 Å². The monoisotopic (exact) mass is 394 g/mol. The average Bonchev–Trinajstić information content (AvgIpc) is 1.42. The van der Waals surface area contributed by atoms with E-state index >= 15 is 0 Å². The van der Waals surface area contributed by atoms with Crippen molar-refractivity contribution in [1.82, 2.24) is 0 Å². The van der Waals surface area contributed by atoms with Crippen LogP contribution in [0.25, 0.3) is 0 Å². The number of phosphoric acid groups is 3. The molecule has 0 spiro atoms. The molecule has 0 rings (SSSR count). The Kier molecular flexibility index (Phi) is 34.2. The molecule has 1 unspecified atom stereocenters. The molecule has 18 heteroatoms. The van der Waals surface area contributed by atoms with Crippen LogP contribution in [0, 0.1) is 0 Å². The van der Waals surface area contributed by atoms with Gasteiger partial charge in [0.15, 0.2) is 0 Å². The summed E-state index contributed by atoms with van der Waals surface area (Å²) in [6.45, 7) is 0. The van der Waals surface area contributed by atoms with E-state index in [1.807, 2.05) is 0 Å². The molecule has 18 heavy (non-hydrogen) atoms. The second-order valence-corrected chi connectivity index (χ2v) is 5.08. The van der Waals surface area contributed by atoms with Crippen molar-refractivity contribution in [3.63, 3.8) is 0 Å². The van der Waals surface area contributed by atoms with Crippen molar-refractivity contribution in [2.75, 3.05) is 0 Å². The molecule has 0 heterocycles. The molecular formula is H5ClKNa2O11P3. The van der Waals surface area contributed by atoms with Crippen molar-refractivity contribution in [3.8, 4) is 0 Å². The van der Waals surface area contributed by atoms with E-state index in [4.69, 9.17) is 33.9 Å². The Hall–Kier alpha value is 4.30. The second-order valence-electron chi connectivity index (χ2n) is 1.53. The summed E-state index contributed by atoms with van der Waals surface area (Å²) in [4.78, 5) is 55.5. The summed E-state index contributed by atoms with van der Waals surface area (Å²) in [5, 5.41) is 0. The fourth-order valence-electron chi connectivity index (χ4n) is 0.134. The van der Waals surface area contributed by atoms with Gasteiger partial charge in [-0.25, -0.2) is 8.88 Å². The van der Waals surface area contributed by atoms with Gasteiger partial charge in [-0.05, 0) is 0 Å². The Morgan fingerprint density at radius 2 is 1.00 bits per heavy atom. The quantitative estimate of drug-likeness (QED) is 0.219. The third-order valence-corrected chi connectivity index (χ3v) is 1.89. The van der Waals surface area contributed by atoms with E-state index in [0.29, 0.717) is 0 Å². The smallest absolute Gasteiger partial charge is 1.00 e. The number of hydrogen-bond acceptors (Lipinski definition) is 6. The van der Waals surface area contributed by atoms with Crippen molar-refractivity contribution >= 4 is 23.5 Å². The summed E-state index contributed by atoms with van der Waals surface area (Å²) in [7, 11) is -15.3. The van der Waals surface area contributed by atoms with Crippen LogP contribution in [0.15, 0.2) is 0 Å². The molecule has 0 saturated carbocycles. The summed E-state index contributed by atoms with van der Waals surface area (Å²) >= 11 is 0. The fraction of sp³-hybridized carbons (Fsp3) is 0. The summed E-state index contributed by atoms with van der Waals surface area (Å²) in [5.41, 5.74) is 0. The van der Waals surface area contributed by atoms with Crippen molar-refractivity contribution < 1.29 is 175 Å². The third kappa shape index (κ3) is 71.3. The molecule has 0 aromatic rings. The second kappa shape index (κ2) is 16.2. The van der Waals surface area contributed by atoms with Gasteiger partial charge in [-0.2, -0.15) is 0 Å². The Morgan fingerprint density at radius 1 is 0.833 bits per heavy atom. The summed E-state index contributed by atoms with van der Waals surface area (Å²) in [5.74, 6) is 0. The molecule has 0 radical (unpaired) electrons. The van der Waals surface area contributed by atoms with Gasteiger partial charge in [-0.3, -0.25) is 9.13 Å². The van der Waals surface area contributed by atoms with Gasteiger partial charge in [0.25, 0.3) is 15.6 Å². The minimum Gasteiger partial charge on any atom is -1.00 e. The average molecular weight is 394 g/mol. The van der Waals surface area contributed by atoms with E-state index in [9.17, 15) is 14.0 Å². The molecule has 0 fully saturated rings. The zero-order valence-electron chi connectivity index (χ0n) is 9.41. The maximum atomic E-state index is 9.59. The Labute approximate surface area is 195 Å². The summed E-state index contributed by atoms with van der Waals surface area (Å²) in [6, 6.07) is 0. The van der Waals surface area contributed by atoms with Gasteiger partial charge in [0, 0.05) is 0 Å². The van der Waals surface area contributed by atoms with Crippen LogP contribution >= 0.6 is 23.5 Å². The van der Waals surface area contributed by atoms with E-state index in [-0.39, 0.29) is 123 Å². The molecule has 0 aromatic heterocycles. The van der Waals surface area contributed by atoms with E-state index in [1.165, 1.54) is 0 Å². The first-order chi connectivity index (χ1) is 5.71. The Balaban J connectivity index is -0.0000000359. The first-order valence-electron chi connectivity index (χ1n) is 2.28. The number of halogens is 1. The van der Waals surface area contributed by atoms with E-state index in [1.54, 1.807) is 0 Å². The summed E-state index contributed by atoms with van der Waals surface area (Å²) in [6.07, 6.45) is 0. The van der Waals surface area contributed by atoms with Crippen LogP contribution in [0.3, 0.4) is 0 Å². The third-order valence-electron chi connectivity index (χ3n) is 0.210. The minimum atomic E-state index is -5.30. The maximum absolute atomic E-state index is 9.59. The number of hydrogen-bond donors (Lipinski definition) is 5. The van der Waals surface area contributed by atoms with Gasteiger partial charge in [0.05, 0.1) is 0 Å². The molecule has 0 amide bonds. The van der Waals surface area contributed by atoms with E-state index in [2.05, 4.69) is 4.31 Å². The molecule has 0 saturated heterocycles. The fourth-order valence-corrected chi connectivity index (χ4v) is 1.21. The van der Waals surface area contributed by atoms with Gasteiger partial charge in [-0.1, -0.05) is 0 Å². The molecule has 0 aromatic carbocycles. The Morgan fingerprint density at radius 3 is 1.00 bits per heavy atom. The van der Waals surface area contributed by atoms with Crippen molar-refractivity contribution in [3.05, 3.63) is 0 Å². The van der Waals surface area contributed by atoms with E-state index < -0.39 is 23.5 Å². The van der Waals surface area contributed by atoms with Crippen LogP contribution in [0.4, 0.5) is 0 Å². The molecule has 5 N–H and O–H groups in total. The van der Waals surface area contributed by atoms with Crippen LogP contribution in [-0.4, -0.2) is 24.5 Å². The SMILES string of the molecule is O=P([O-])(O)O.O=P([O-])(O)OP(=O)(O)O.[Cl-].[K+].[Na+].[Na+]. The van der Waals surface area contributed by atoms with Gasteiger partial charge in [0.1, 0.15) is 0 Å². The van der Waals surface area contributed by atoms with Gasteiger partial charge in [0.2, 0.25) is 0 Å². The molecule has 1 atom stereocenters. The van der Waals surface area contributed by atoms with Gasteiger partial charge >= 0.3 is 118 Å². The van der Waals surface area contributed by atoms with Crippen LogP contribution in [-0.2, 0) is 18.0 Å². The standard InChI is InChI=1S/ClH.K.2Na.H4O7P2.H3O4P/c;;;;1-8(2,3)7-9(4,5)6;1-5(2,3)4/h1H;;;;(H2,1,2,3)(H2,4,5,6);(H3,1,2,3,4)/q;3*+1;;/p-3. The van der Waals surface area contributed by atoms with E-state index in [0.717, 1.165) is 0 Å². The molecule has 96 valence electrons. The molecule has 0 aliphatic rings. The molecule has 11 nitrogen and oxygen atoms in total. The predicted octanol–water partition coefficient (Wildman–Crippen LogP) is -15.0. The molecular weight excluding hydrogens is 389 g/mol. The van der Waals surface area contributed by atoms with Crippen LogP contribution in [0.5, 0.6) is 0 Å². The van der Waals surface area contributed by atoms with Crippen LogP contribution in [0.2, 0.25) is 0 Å². The predicted molar refractivity (Wildman–Crippen MR) is 35.0 cm³/mol. The maximum Gasteiger partial charge on any atom is 1.00 e. The van der Waals surface area contributed by atoms with Crippen LogP contribution < -0.4 is 133 Å². The largest absolute Gasteiger partial charge is 1.00 e. The first kappa shape index (κ1) is 38.1. The zero-order chi connectivity index (χ0) is 12.2. The van der Waals surface area contributed by atoms with Gasteiger partial charge in [-0.15, -0.1) is 0 Å².